The highest BCUT2D eigenvalue weighted by Crippen LogP contribution is 2.19. The van der Waals surface area contributed by atoms with E-state index >= 15 is 0 Å². The summed E-state index contributed by atoms with van der Waals surface area (Å²) in [7, 11) is 0. The van der Waals surface area contributed by atoms with Crippen LogP contribution in [0.5, 0.6) is 5.75 Å². The molecule has 1 nitrogen and oxygen atoms in total. The third-order valence-corrected chi connectivity index (χ3v) is 3.87. The van der Waals surface area contributed by atoms with Gasteiger partial charge in [-0.1, -0.05) is 84.4 Å². The monoisotopic (exact) mass is 320 g/mol. The number of halogens is 1. The molecule has 3 rings (SSSR count). The molecule has 114 valence electrons. The summed E-state index contributed by atoms with van der Waals surface area (Å²) in [6.07, 6.45) is 4.19. The van der Waals surface area contributed by atoms with Gasteiger partial charge < -0.3 is 4.74 Å². The van der Waals surface area contributed by atoms with Crippen molar-refractivity contribution in [2.45, 2.75) is 6.61 Å². The van der Waals surface area contributed by atoms with E-state index in [0.29, 0.717) is 6.61 Å². The van der Waals surface area contributed by atoms with Crippen LogP contribution < -0.4 is 4.74 Å². The Labute approximate surface area is 141 Å². The fraction of sp³-hybridized carbons (Fsp3) is 0.0476. The minimum absolute atomic E-state index is 0.471. The van der Waals surface area contributed by atoms with Crippen LogP contribution in [-0.4, -0.2) is 0 Å². The number of rotatable bonds is 5. The molecule has 0 N–H and O–H groups in total. The van der Waals surface area contributed by atoms with Gasteiger partial charge in [-0.05, 0) is 29.3 Å². The molecule has 0 heterocycles. The van der Waals surface area contributed by atoms with Gasteiger partial charge in [0.05, 0.1) is 0 Å². The summed E-state index contributed by atoms with van der Waals surface area (Å²) in [5.41, 5.74) is 3.31. The van der Waals surface area contributed by atoms with Gasteiger partial charge in [0, 0.05) is 10.6 Å². The molecule has 0 saturated heterocycles. The highest BCUT2D eigenvalue weighted by atomic mass is 35.5. The van der Waals surface area contributed by atoms with Crippen LogP contribution >= 0.6 is 11.6 Å². The summed E-state index contributed by atoms with van der Waals surface area (Å²) in [6.45, 7) is 0.471. The van der Waals surface area contributed by atoms with Crippen LogP contribution in [0.4, 0.5) is 0 Å². The molecular weight excluding hydrogens is 304 g/mol. The maximum Gasteiger partial charge on any atom is 0.119 e. The van der Waals surface area contributed by atoms with Crippen molar-refractivity contribution in [1.29, 1.82) is 0 Å². The molecule has 0 unspecified atom stereocenters. The highest BCUT2D eigenvalue weighted by molar-refractivity contribution is 6.31. The van der Waals surface area contributed by atoms with E-state index in [-0.39, 0.29) is 0 Å². The van der Waals surface area contributed by atoms with Crippen molar-refractivity contribution in [2.75, 3.05) is 0 Å². The first kappa shape index (κ1) is 15.4. The molecule has 0 bridgehead atoms. The third kappa shape index (κ3) is 4.48. The molecule has 0 radical (unpaired) electrons. The smallest absolute Gasteiger partial charge is 0.119 e. The Hall–Kier alpha value is -2.51. The standard InChI is InChI=1S/C21H17ClO/c22-21-9-5-4-8-19(21)16-23-20-14-12-18(13-15-20)11-10-17-6-2-1-3-7-17/h1-15H,16H2/b11-10+. The first-order chi connectivity index (χ1) is 11.3. The van der Waals surface area contributed by atoms with E-state index in [0.717, 1.165) is 21.9 Å². The maximum absolute atomic E-state index is 6.13. The molecule has 2 heteroatoms. The van der Waals surface area contributed by atoms with Crippen molar-refractivity contribution in [3.63, 3.8) is 0 Å². The minimum atomic E-state index is 0.471. The largest absolute Gasteiger partial charge is 0.489 e. The SMILES string of the molecule is Clc1ccccc1COc1ccc(/C=C/c2ccccc2)cc1. The zero-order valence-electron chi connectivity index (χ0n) is 12.7. The first-order valence-corrected chi connectivity index (χ1v) is 7.88. The van der Waals surface area contributed by atoms with Crippen molar-refractivity contribution in [1.82, 2.24) is 0 Å². The summed E-state index contributed by atoms with van der Waals surface area (Å²) in [5.74, 6) is 0.835. The second kappa shape index (κ2) is 7.66. The molecule has 0 aliphatic heterocycles. The Bertz CT molecular complexity index is 776. The fourth-order valence-corrected chi connectivity index (χ4v) is 2.40. The van der Waals surface area contributed by atoms with Gasteiger partial charge in [0.25, 0.3) is 0 Å². The highest BCUT2D eigenvalue weighted by Gasteiger charge is 2.00. The topological polar surface area (TPSA) is 9.23 Å². The van der Waals surface area contributed by atoms with Gasteiger partial charge in [-0.15, -0.1) is 0 Å². The second-order valence-electron chi connectivity index (χ2n) is 5.19. The second-order valence-corrected chi connectivity index (χ2v) is 5.60. The average molecular weight is 321 g/mol. The molecule has 0 saturated carbocycles. The number of ether oxygens (including phenoxy) is 1. The Morgan fingerprint density at radius 2 is 1.30 bits per heavy atom. The summed E-state index contributed by atoms with van der Waals surface area (Å²) < 4.78 is 5.78. The molecule has 0 aliphatic carbocycles. The normalized spacial score (nSPS) is 10.8. The first-order valence-electron chi connectivity index (χ1n) is 7.51. The Kier molecular flexibility index (Phi) is 5.13. The summed E-state index contributed by atoms with van der Waals surface area (Å²) in [5, 5.41) is 0.731. The average Bonchev–Trinajstić information content (AvgIpc) is 2.61. The van der Waals surface area contributed by atoms with Gasteiger partial charge in [0.15, 0.2) is 0 Å². The molecule has 0 fully saturated rings. The molecular formula is C21H17ClO. The van der Waals surface area contributed by atoms with Gasteiger partial charge in [0.2, 0.25) is 0 Å². The number of hydrogen-bond donors (Lipinski definition) is 0. The van der Waals surface area contributed by atoms with E-state index in [1.54, 1.807) is 0 Å². The zero-order chi connectivity index (χ0) is 15.9. The van der Waals surface area contributed by atoms with Gasteiger partial charge in [-0.2, -0.15) is 0 Å². The molecule has 23 heavy (non-hydrogen) atoms. The maximum atomic E-state index is 6.13. The van der Waals surface area contributed by atoms with Crippen molar-refractivity contribution < 1.29 is 4.74 Å². The van der Waals surface area contributed by atoms with Crippen LogP contribution in [0.25, 0.3) is 12.2 Å². The van der Waals surface area contributed by atoms with E-state index in [1.165, 1.54) is 5.56 Å². The molecule has 0 amide bonds. The van der Waals surface area contributed by atoms with Crippen molar-refractivity contribution in [3.05, 3.63) is 101 Å². The van der Waals surface area contributed by atoms with E-state index in [2.05, 4.69) is 24.3 Å². The van der Waals surface area contributed by atoms with Crippen LogP contribution in [0.2, 0.25) is 5.02 Å². The number of benzene rings is 3. The lowest BCUT2D eigenvalue weighted by Crippen LogP contribution is -1.95. The van der Waals surface area contributed by atoms with Gasteiger partial charge in [-0.25, -0.2) is 0 Å². The predicted molar refractivity (Wildman–Crippen MR) is 97.6 cm³/mol. The van der Waals surface area contributed by atoms with Crippen LogP contribution in [0, 0.1) is 0 Å². The lowest BCUT2D eigenvalue weighted by molar-refractivity contribution is 0.306. The minimum Gasteiger partial charge on any atom is -0.489 e. The number of hydrogen-bond acceptors (Lipinski definition) is 1. The van der Waals surface area contributed by atoms with Gasteiger partial charge >= 0.3 is 0 Å². The van der Waals surface area contributed by atoms with Crippen LogP contribution in [0.1, 0.15) is 16.7 Å². The molecule has 0 aliphatic rings. The molecule has 0 spiro atoms. The molecule has 3 aromatic carbocycles. The van der Waals surface area contributed by atoms with Gasteiger partial charge in [0.1, 0.15) is 12.4 Å². The van der Waals surface area contributed by atoms with E-state index in [4.69, 9.17) is 16.3 Å². The zero-order valence-corrected chi connectivity index (χ0v) is 13.4. The lowest BCUT2D eigenvalue weighted by atomic mass is 10.1. The Balaban J connectivity index is 1.61. The van der Waals surface area contributed by atoms with Crippen LogP contribution in [-0.2, 0) is 6.61 Å². The summed E-state index contributed by atoms with van der Waals surface area (Å²) in [4.78, 5) is 0. The fourth-order valence-electron chi connectivity index (χ4n) is 2.21. The van der Waals surface area contributed by atoms with E-state index in [1.807, 2.05) is 66.7 Å². The summed E-state index contributed by atoms with van der Waals surface area (Å²) >= 11 is 6.13. The Morgan fingerprint density at radius 3 is 2.00 bits per heavy atom. The molecule has 0 aromatic heterocycles. The van der Waals surface area contributed by atoms with Crippen molar-refractivity contribution >= 4 is 23.8 Å². The Morgan fingerprint density at radius 1 is 0.696 bits per heavy atom. The lowest BCUT2D eigenvalue weighted by Gasteiger charge is -2.07. The molecule has 3 aromatic rings. The predicted octanol–water partition coefficient (Wildman–Crippen LogP) is 6.09. The van der Waals surface area contributed by atoms with E-state index < -0.39 is 0 Å². The summed E-state index contributed by atoms with van der Waals surface area (Å²) in [6, 6.07) is 26.0. The quantitative estimate of drug-likeness (QED) is 0.517. The van der Waals surface area contributed by atoms with Crippen molar-refractivity contribution in [2.24, 2.45) is 0 Å². The third-order valence-electron chi connectivity index (χ3n) is 3.50. The van der Waals surface area contributed by atoms with Crippen LogP contribution in [0.3, 0.4) is 0 Å². The van der Waals surface area contributed by atoms with Gasteiger partial charge in [-0.3, -0.25) is 0 Å². The van der Waals surface area contributed by atoms with E-state index in [9.17, 15) is 0 Å². The van der Waals surface area contributed by atoms with Crippen molar-refractivity contribution in [3.8, 4) is 5.75 Å². The van der Waals surface area contributed by atoms with Crippen LogP contribution in [0.15, 0.2) is 78.9 Å². The molecule has 0 atom stereocenters.